The molecule has 2 amide bonds. The van der Waals surface area contributed by atoms with Crippen molar-refractivity contribution in [3.63, 3.8) is 0 Å². The summed E-state index contributed by atoms with van der Waals surface area (Å²) >= 11 is 0. The van der Waals surface area contributed by atoms with Crippen LogP contribution in [0.1, 0.15) is 27.7 Å². The zero-order chi connectivity index (χ0) is 11.7. The summed E-state index contributed by atoms with van der Waals surface area (Å²) in [6.45, 7) is 7.72. The number of aliphatic imine (C=N–C) groups is 1. The summed E-state index contributed by atoms with van der Waals surface area (Å²) in [5.41, 5.74) is 4.00. The number of hydrogen-bond acceptors (Lipinski definition) is 3. The Kier molecular flexibility index (Phi) is 2.75. The van der Waals surface area contributed by atoms with E-state index < -0.39 is 17.2 Å². The molecular formula is C10H16N2O3. The largest absolute Gasteiger partial charge is 0.455 e. The monoisotopic (exact) mass is 212 g/mol. The standard InChI is InChI=1S/C10H16N2O3/c1-9(2)10(3,4)15-7(14-9)5-6-12-8(11)13/h5-6H,1-4H3,(H2,11,13). The van der Waals surface area contributed by atoms with Gasteiger partial charge in [-0.2, -0.15) is 0 Å². The normalized spacial score (nSPS) is 22.3. The van der Waals surface area contributed by atoms with Crippen LogP contribution < -0.4 is 5.73 Å². The number of urea groups is 1. The molecule has 2 N–H and O–H groups in total. The molecular weight excluding hydrogens is 196 g/mol. The van der Waals surface area contributed by atoms with Gasteiger partial charge in [-0.25, -0.2) is 9.79 Å². The third-order valence-electron chi connectivity index (χ3n) is 2.57. The van der Waals surface area contributed by atoms with Crippen molar-refractivity contribution in [1.82, 2.24) is 0 Å². The fourth-order valence-electron chi connectivity index (χ4n) is 1.01. The van der Waals surface area contributed by atoms with E-state index in [-0.39, 0.29) is 0 Å². The van der Waals surface area contributed by atoms with Gasteiger partial charge >= 0.3 is 6.03 Å². The number of nitrogens with zero attached hydrogens (tertiary/aromatic N) is 1. The molecule has 5 nitrogen and oxygen atoms in total. The van der Waals surface area contributed by atoms with Crippen LogP contribution in [0.4, 0.5) is 4.79 Å². The van der Waals surface area contributed by atoms with E-state index in [1.54, 1.807) is 0 Å². The summed E-state index contributed by atoms with van der Waals surface area (Å²) in [5.74, 6) is 0.343. The predicted molar refractivity (Wildman–Crippen MR) is 56.5 cm³/mol. The number of primary amides is 1. The first-order valence-corrected chi connectivity index (χ1v) is 4.66. The van der Waals surface area contributed by atoms with Gasteiger partial charge < -0.3 is 15.2 Å². The van der Waals surface area contributed by atoms with Crippen molar-refractivity contribution >= 4 is 12.2 Å². The molecule has 1 saturated heterocycles. The van der Waals surface area contributed by atoms with Crippen LogP contribution in [-0.2, 0) is 9.47 Å². The highest BCUT2D eigenvalue weighted by Crippen LogP contribution is 2.39. The van der Waals surface area contributed by atoms with Crippen LogP contribution in [0.5, 0.6) is 0 Å². The van der Waals surface area contributed by atoms with E-state index in [2.05, 4.69) is 4.99 Å². The van der Waals surface area contributed by atoms with Crippen molar-refractivity contribution in [2.75, 3.05) is 0 Å². The SMILES string of the molecule is CC1(C)OC(=CC=NC(N)=O)OC1(C)C. The lowest BCUT2D eigenvalue weighted by Gasteiger charge is -2.28. The van der Waals surface area contributed by atoms with Gasteiger partial charge in [0, 0.05) is 12.3 Å². The number of carbonyl (C=O) groups is 1. The molecule has 1 rings (SSSR count). The number of carbonyl (C=O) groups excluding carboxylic acids is 1. The summed E-state index contributed by atoms with van der Waals surface area (Å²) in [6.07, 6.45) is 2.73. The van der Waals surface area contributed by atoms with Gasteiger partial charge in [0.15, 0.2) is 0 Å². The molecule has 84 valence electrons. The van der Waals surface area contributed by atoms with Crippen molar-refractivity contribution in [1.29, 1.82) is 0 Å². The highest BCUT2D eigenvalue weighted by molar-refractivity contribution is 5.86. The molecule has 0 aromatic carbocycles. The third-order valence-corrected chi connectivity index (χ3v) is 2.57. The maximum Gasteiger partial charge on any atom is 0.338 e. The molecule has 0 bridgehead atoms. The first-order valence-electron chi connectivity index (χ1n) is 4.66. The topological polar surface area (TPSA) is 73.9 Å². The molecule has 0 aliphatic carbocycles. The Balaban J connectivity index is 2.75. The van der Waals surface area contributed by atoms with Gasteiger partial charge in [0.2, 0.25) is 0 Å². The Morgan fingerprint density at radius 3 is 2.13 bits per heavy atom. The van der Waals surface area contributed by atoms with Gasteiger partial charge in [-0.15, -0.1) is 0 Å². The van der Waals surface area contributed by atoms with Crippen LogP contribution in [0.25, 0.3) is 0 Å². The number of allylic oxidation sites excluding steroid dienone is 1. The van der Waals surface area contributed by atoms with E-state index in [1.807, 2.05) is 27.7 Å². The number of rotatable bonds is 1. The van der Waals surface area contributed by atoms with Crippen molar-refractivity contribution in [3.05, 3.63) is 12.0 Å². The van der Waals surface area contributed by atoms with E-state index in [1.165, 1.54) is 12.3 Å². The van der Waals surface area contributed by atoms with E-state index >= 15 is 0 Å². The van der Waals surface area contributed by atoms with Gasteiger partial charge in [-0.1, -0.05) is 0 Å². The molecule has 0 atom stereocenters. The molecule has 0 aromatic heterocycles. The van der Waals surface area contributed by atoms with E-state index in [0.29, 0.717) is 5.95 Å². The molecule has 0 saturated carbocycles. The smallest absolute Gasteiger partial charge is 0.338 e. The minimum absolute atomic E-state index is 0.343. The lowest BCUT2D eigenvalue weighted by molar-refractivity contribution is 0.00578. The van der Waals surface area contributed by atoms with Crippen molar-refractivity contribution in [3.8, 4) is 0 Å². The number of hydrogen-bond donors (Lipinski definition) is 1. The quantitative estimate of drug-likeness (QED) is 0.670. The van der Waals surface area contributed by atoms with Crippen LogP contribution in [0, 0.1) is 0 Å². The Morgan fingerprint density at radius 1 is 1.27 bits per heavy atom. The fourth-order valence-corrected chi connectivity index (χ4v) is 1.01. The van der Waals surface area contributed by atoms with Crippen LogP contribution >= 0.6 is 0 Å². The molecule has 0 unspecified atom stereocenters. The molecule has 5 heteroatoms. The minimum Gasteiger partial charge on any atom is -0.455 e. The van der Waals surface area contributed by atoms with Gasteiger partial charge in [-0.3, -0.25) is 0 Å². The molecule has 1 aliphatic heterocycles. The van der Waals surface area contributed by atoms with Gasteiger partial charge in [0.1, 0.15) is 11.2 Å². The Morgan fingerprint density at radius 2 is 1.73 bits per heavy atom. The Hall–Kier alpha value is -1.52. The number of amides is 2. The van der Waals surface area contributed by atoms with Crippen molar-refractivity contribution < 1.29 is 14.3 Å². The highest BCUT2D eigenvalue weighted by Gasteiger charge is 2.48. The van der Waals surface area contributed by atoms with Crippen LogP contribution in [0.3, 0.4) is 0 Å². The summed E-state index contributed by atoms with van der Waals surface area (Å²) < 4.78 is 11.1. The lowest BCUT2D eigenvalue weighted by atomic mass is 9.90. The fraction of sp³-hybridized carbons (Fsp3) is 0.600. The summed E-state index contributed by atoms with van der Waals surface area (Å²) in [7, 11) is 0. The van der Waals surface area contributed by atoms with E-state index in [0.717, 1.165) is 0 Å². The zero-order valence-corrected chi connectivity index (χ0v) is 9.40. The van der Waals surface area contributed by atoms with E-state index in [4.69, 9.17) is 15.2 Å². The highest BCUT2D eigenvalue weighted by atomic mass is 16.7. The molecule has 0 aromatic rings. The summed E-state index contributed by atoms with van der Waals surface area (Å²) in [6, 6.07) is -0.747. The van der Waals surface area contributed by atoms with Gasteiger partial charge in [0.05, 0.1) is 0 Å². The van der Waals surface area contributed by atoms with Crippen molar-refractivity contribution in [2.45, 2.75) is 38.9 Å². The minimum atomic E-state index is -0.747. The number of nitrogens with two attached hydrogens (primary N) is 1. The Bertz CT molecular complexity index is 312. The first kappa shape index (κ1) is 11.6. The first-order chi connectivity index (χ1) is 6.74. The predicted octanol–water partition coefficient (Wildman–Crippen LogP) is 1.58. The lowest BCUT2D eigenvalue weighted by Crippen LogP contribution is -2.41. The molecule has 0 spiro atoms. The zero-order valence-electron chi connectivity index (χ0n) is 9.40. The van der Waals surface area contributed by atoms with Gasteiger partial charge in [-0.05, 0) is 27.7 Å². The second kappa shape index (κ2) is 3.56. The summed E-state index contributed by atoms with van der Waals surface area (Å²) in [4.78, 5) is 13.7. The number of ether oxygens (including phenoxy) is 2. The maximum absolute atomic E-state index is 10.3. The van der Waals surface area contributed by atoms with Crippen LogP contribution in [-0.4, -0.2) is 23.4 Å². The average molecular weight is 212 g/mol. The molecule has 15 heavy (non-hydrogen) atoms. The van der Waals surface area contributed by atoms with E-state index in [9.17, 15) is 4.79 Å². The third kappa shape index (κ3) is 2.49. The molecule has 1 heterocycles. The second-order valence-corrected chi connectivity index (χ2v) is 4.33. The average Bonchev–Trinajstić information content (AvgIpc) is 2.19. The van der Waals surface area contributed by atoms with Crippen molar-refractivity contribution in [2.24, 2.45) is 10.7 Å². The van der Waals surface area contributed by atoms with Crippen LogP contribution in [0.15, 0.2) is 17.0 Å². The molecule has 0 radical (unpaired) electrons. The maximum atomic E-state index is 10.3. The molecule has 1 fully saturated rings. The Labute approximate surface area is 89.0 Å². The summed E-state index contributed by atoms with van der Waals surface area (Å²) in [5, 5.41) is 0. The molecule has 1 aliphatic rings. The van der Waals surface area contributed by atoms with Crippen LogP contribution in [0.2, 0.25) is 0 Å². The second-order valence-electron chi connectivity index (χ2n) is 4.33. The van der Waals surface area contributed by atoms with Gasteiger partial charge in [0.25, 0.3) is 5.95 Å².